The van der Waals surface area contributed by atoms with Gasteiger partial charge in [0.2, 0.25) is 5.91 Å². The molecule has 5 aliphatic carbocycles. The molecule has 1 aromatic carbocycles. The third kappa shape index (κ3) is 7.25. The predicted molar refractivity (Wildman–Crippen MR) is 223 cm³/mol. The lowest BCUT2D eigenvalue weighted by molar-refractivity contribution is -0.235. The number of Topliss-reactive ketones (excluding diaryl/α,β-unsaturated/α-hetero) is 1. The van der Waals surface area contributed by atoms with Gasteiger partial charge < -0.3 is 19.5 Å². The normalized spacial score (nSPS) is 34.6. The minimum Gasteiger partial charge on any atom is -0.481 e. The maximum absolute atomic E-state index is 14.4. The zero-order chi connectivity index (χ0) is 43.0. The Morgan fingerprint density at radius 3 is 2.14 bits per heavy atom. The number of carboxylic acids is 1. The molecule has 1 amide bonds. The molecule has 5 aliphatic rings. The van der Waals surface area contributed by atoms with Gasteiger partial charge in [0.05, 0.1) is 18.4 Å². The second-order valence-corrected chi connectivity index (χ2v) is 21.6. The summed E-state index contributed by atoms with van der Waals surface area (Å²) in [6, 6.07) is 7.43. The molecule has 9 nitrogen and oxygen atoms in total. The standard InChI is InChI=1S/C48H68ClNO8/c1-28(2)40-34(53)24-48(38(57-30(4)52)27-50(29(3)51)26-31-12-14-32(49)15-13-31)23-22-46(10)33(41(40)48)16-17-36-45(9)20-19-37(58-39(54)25-43(5,6)42(55)56)44(7,8)35(45)18-21-47(36,46)11/h12-15,28,33,35-38H,16-27H2,1-11H3,(H,55,56)/t33-,35+,36-,37+,38-,45+,46-,47-,48-/m1/s1. The summed E-state index contributed by atoms with van der Waals surface area (Å²) in [6.45, 7) is 22.8. The minimum atomic E-state index is -1.19. The van der Waals surface area contributed by atoms with E-state index >= 15 is 0 Å². The number of allylic oxidation sites excluding steroid dienone is 1. The van der Waals surface area contributed by atoms with Gasteiger partial charge in [-0.3, -0.25) is 24.0 Å². The first-order valence-corrected chi connectivity index (χ1v) is 22.1. The number of carboxylic acid groups (broad SMARTS) is 1. The van der Waals surface area contributed by atoms with Crippen molar-refractivity contribution in [2.45, 2.75) is 159 Å². The fourth-order valence-electron chi connectivity index (χ4n) is 13.7. The van der Waals surface area contributed by atoms with Crippen molar-refractivity contribution in [3.63, 3.8) is 0 Å². The average Bonchev–Trinajstić information content (AvgIpc) is 3.42. The van der Waals surface area contributed by atoms with Gasteiger partial charge in [0.1, 0.15) is 12.2 Å². The highest BCUT2D eigenvalue weighted by Crippen LogP contribution is 2.77. The maximum atomic E-state index is 14.4. The van der Waals surface area contributed by atoms with Crippen LogP contribution in [0.4, 0.5) is 0 Å². The van der Waals surface area contributed by atoms with Gasteiger partial charge in [-0.1, -0.05) is 72.2 Å². The van der Waals surface area contributed by atoms with E-state index in [1.165, 1.54) is 12.5 Å². The van der Waals surface area contributed by atoms with Gasteiger partial charge >= 0.3 is 17.9 Å². The molecule has 0 aliphatic heterocycles. The molecule has 58 heavy (non-hydrogen) atoms. The first-order valence-electron chi connectivity index (χ1n) is 21.7. The molecule has 10 heteroatoms. The van der Waals surface area contributed by atoms with Crippen LogP contribution in [0.1, 0.15) is 146 Å². The summed E-state index contributed by atoms with van der Waals surface area (Å²) >= 11 is 6.18. The molecule has 0 spiro atoms. The number of carbonyl (C=O) groups excluding carboxylic acids is 4. The number of esters is 2. The Morgan fingerprint density at radius 1 is 0.897 bits per heavy atom. The fraction of sp³-hybridized carbons (Fsp3) is 0.729. The van der Waals surface area contributed by atoms with E-state index < -0.39 is 34.8 Å². The summed E-state index contributed by atoms with van der Waals surface area (Å²) in [5, 5.41) is 10.3. The minimum absolute atomic E-state index is 0.00123. The first kappa shape index (κ1) is 44.4. The number of ketones is 1. The lowest BCUT2D eigenvalue weighted by Crippen LogP contribution is -2.66. The Hall–Kier alpha value is -3.20. The molecule has 4 fully saturated rings. The van der Waals surface area contributed by atoms with E-state index in [0.717, 1.165) is 56.1 Å². The lowest BCUT2D eigenvalue weighted by atomic mass is 9.33. The van der Waals surface area contributed by atoms with Crippen molar-refractivity contribution >= 4 is 41.2 Å². The number of amides is 1. The predicted octanol–water partition coefficient (Wildman–Crippen LogP) is 10.0. The highest BCUT2D eigenvalue weighted by molar-refractivity contribution is 6.30. The number of ether oxygens (including phenoxy) is 2. The van der Waals surface area contributed by atoms with Gasteiger partial charge in [0.25, 0.3) is 0 Å². The van der Waals surface area contributed by atoms with Gasteiger partial charge in [0, 0.05) is 42.7 Å². The van der Waals surface area contributed by atoms with Gasteiger partial charge in [-0.2, -0.15) is 0 Å². The van der Waals surface area contributed by atoms with Crippen LogP contribution in [-0.4, -0.2) is 58.4 Å². The van der Waals surface area contributed by atoms with Crippen LogP contribution in [0.3, 0.4) is 0 Å². The average molecular weight is 823 g/mol. The number of benzene rings is 1. The molecule has 0 heterocycles. The molecule has 0 bridgehead atoms. The fourth-order valence-corrected chi connectivity index (χ4v) is 13.9. The van der Waals surface area contributed by atoms with E-state index in [0.29, 0.717) is 29.8 Å². The molecule has 4 saturated carbocycles. The van der Waals surface area contributed by atoms with Gasteiger partial charge in [-0.15, -0.1) is 0 Å². The quantitative estimate of drug-likeness (QED) is 0.219. The van der Waals surface area contributed by atoms with E-state index in [4.69, 9.17) is 21.1 Å². The second-order valence-electron chi connectivity index (χ2n) is 21.2. The smallest absolute Gasteiger partial charge is 0.309 e. The molecule has 0 aromatic heterocycles. The molecular weight excluding hydrogens is 754 g/mol. The SMILES string of the molecule is CC(=O)O[C@H](CN(Cc1ccc(Cl)cc1)C(C)=O)[C@]12CC[C@]3(C)[C@H](CC[C@@H]4[C@@]5(C)CC[C@H](OC(=O)CC(C)(C)C(=O)O)C(C)(C)[C@@H]5CC[C@]43C)C1=C(C(C)C)C(=O)C2. The molecular formula is C48H68ClNO8. The van der Waals surface area contributed by atoms with Crippen molar-refractivity contribution in [1.29, 1.82) is 0 Å². The Labute approximate surface area is 351 Å². The van der Waals surface area contributed by atoms with Crippen molar-refractivity contribution in [3.05, 3.63) is 46.0 Å². The highest BCUT2D eigenvalue weighted by Gasteiger charge is 2.71. The van der Waals surface area contributed by atoms with Crippen molar-refractivity contribution in [2.24, 2.45) is 56.2 Å². The Kier molecular flexibility index (Phi) is 11.8. The summed E-state index contributed by atoms with van der Waals surface area (Å²) in [5.41, 5.74) is 0.629. The van der Waals surface area contributed by atoms with Crippen LogP contribution < -0.4 is 0 Å². The zero-order valence-corrected chi connectivity index (χ0v) is 37.6. The largest absolute Gasteiger partial charge is 0.481 e. The number of fused-ring (bicyclic) bond motifs is 7. The molecule has 0 radical (unpaired) electrons. The van der Waals surface area contributed by atoms with E-state index in [1.54, 1.807) is 25.7 Å². The summed E-state index contributed by atoms with van der Waals surface area (Å²) in [7, 11) is 0. The van der Waals surface area contributed by atoms with Crippen molar-refractivity contribution < 1.29 is 38.6 Å². The zero-order valence-electron chi connectivity index (χ0n) is 36.9. The second kappa shape index (κ2) is 15.4. The number of aliphatic carboxylic acids is 1. The molecule has 320 valence electrons. The Balaban J connectivity index is 1.33. The lowest BCUT2D eigenvalue weighted by Gasteiger charge is -2.72. The van der Waals surface area contributed by atoms with Crippen LogP contribution in [0.15, 0.2) is 35.4 Å². The molecule has 0 unspecified atom stereocenters. The van der Waals surface area contributed by atoms with Crippen LogP contribution >= 0.6 is 11.6 Å². The molecule has 0 saturated heterocycles. The molecule has 1 N–H and O–H groups in total. The number of nitrogens with zero attached hydrogens (tertiary/aromatic N) is 1. The highest BCUT2D eigenvalue weighted by atomic mass is 35.5. The number of hydrogen-bond acceptors (Lipinski definition) is 7. The van der Waals surface area contributed by atoms with Gasteiger partial charge in [-0.25, -0.2) is 0 Å². The van der Waals surface area contributed by atoms with E-state index in [-0.39, 0.29) is 70.7 Å². The van der Waals surface area contributed by atoms with E-state index in [2.05, 4.69) is 48.5 Å². The number of carbonyl (C=O) groups is 5. The van der Waals surface area contributed by atoms with Crippen molar-refractivity contribution in [1.82, 2.24) is 4.90 Å². The number of hydrogen-bond donors (Lipinski definition) is 1. The molecule has 1 aromatic rings. The third-order valence-corrected chi connectivity index (χ3v) is 17.2. The molecule has 6 rings (SSSR count). The van der Waals surface area contributed by atoms with Gasteiger partial charge in [-0.05, 0) is 134 Å². The van der Waals surface area contributed by atoms with Crippen molar-refractivity contribution in [3.8, 4) is 0 Å². The molecule has 9 atom stereocenters. The number of rotatable bonds is 11. The summed E-state index contributed by atoms with van der Waals surface area (Å²) < 4.78 is 12.5. The summed E-state index contributed by atoms with van der Waals surface area (Å²) in [6.07, 6.45) is 6.32. The monoisotopic (exact) mass is 821 g/mol. The maximum Gasteiger partial charge on any atom is 0.309 e. The van der Waals surface area contributed by atoms with Gasteiger partial charge in [0.15, 0.2) is 5.78 Å². The van der Waals surface area contributed by atoms with Crippen LogP contribution in [0.5, 0.6) is 0 Å². The van der Waals surface area contributed by atoms with Crippen molar-refractivity contribution in [2.75, 3.05) is 6.54 Å². The van der Waals surface area contributed by atoms with Crippen LogP contribution in [0, 0.1) is 56.2 Å². The van der Waals surface area contributed by atoms with Crippen LogP contribution in [0.2, 0.25) is 5.02 Å². The van der Waals surface area contributed by atoms with E-state index in [1.807, 2.05) is 24.3 Å². The summed E-state index contributed by atoms with van der Waals surface area (Å²) in [5.74, 6) is -1.02. The Morgan fingerprint density at radius 2 is 1.55 bits per heavy atom. The Bertz CT molecular complexity index is 1870. The van der Waals surface area contributed by atoms with Crippen LogP contribution in [0.25, 0.3) is 0 Å². The topological polar surface area (TPSA) is 127 Å². The van der Waals surface area contributed by atoms with Crippen LogP contribution in [-0.2, 0) is 40.0 Å². The summed E-state index contributed by atoms with van der Waals surface area (Å²) in [4.78, 5) is 67.5. The third-order valence-electron chi connectivity index (χ3n) is 16.9. The van der Waals surface area contributed by atoms with E-state index in [9.17, 15) is 29.1 Å². The number of halogens is 1. The first-order chi connectivity index (χ1) is 26.8.